The van der Waals surface area contributed by atoms with Crippen molar-refractivity contribution in [3.63, 3.8) is 0 Å². The van der Waals surface area contributed by atoms with Crippen LogP contribution in [-0.4, -0.2) is 26.2 Å². The Bertz CT molecular complexity index is 599. The molecule has 1 aromatic carbocycles. The molecule has 1 aliphatic carbocycles. The molecular formula is C14H22N2O3S. The first-order chi connectivity index (χ1) is 9.35. The number of aryl methyl sites for hydroxylation is 1. The lowest BCUT2D eigenvalue weighted by atomic mass is 10.1. The van der Waals surface area contributed by atoms with Crippen molar-refractivity contribution in [2.75, 3.05) is 12.3 Å². The number of benzene rings is 1. The summed E-state index contributed by atoms with van der Waals surface area (Å²) in [6.45, 7) is 3.64. The van der Waals surface area contributed by atoms with Crippen molar-refractivity contribution in [1.82, 2.24) is 4.72 Å². The first-order valence-electron chi connectivity index (χ1n) is 6.85. The molecule has 0 aromatic heterocycles. The normalized spacial score (nSPS) is 23.1. The average Bonchev–Trinajstić information content (AvgIpc) is 2.80. The summed E-state index contributed by atoms with van der Waals surface area (Å²) in [4.78, 5) is 0.235. The molecular weight excluding hydrogens is 276 g/mol. The van der Waals surface area contributed by atoms with E-state index >= 15 is 0 Å². The average molecular weight is 298 g/mol. The van der Waals surface area contributed by atoms with E-state index in [0.717, 1.165) is 24.8 Å². The van der Waals surface area contributed by atoms with Gasteiger partial charge < -0.3 is 10.8 Å². The molecule has 0 heterocycles. The quantitative estimate of drug-likeness (QED) is 0.731. The summed E-state index contributed by atoms with van der Waals surface area (Å²) in [5.41, 5.74) is 7.77. The van der Waals surface area contributed by atoms with Crippen molar-refractivity contribution in [2.24, 2.45) is 5.92 Å². The lowest BCUT2D eigenvalue weighted by Gasteiger charge is -2.20. The van der Waals surface area contributed by atoms with E-state index < -0.39 is 10.0 Å². The third kappa shape index (κ3) is 2.97. The van der Waals surface area contributed by atoms with E-state index in [0.29, 0.717) is 11.3 Å². The molecule has 112 valence electrons. The Kier molecular flexibility index (Phi) is 4.36. The first-order valence-corrected chi connectivity index (χ1v) is 8.33. The lowest BCUT2D eigenvalue weighted by Crippen LogP contribution is -2.38. The smallest absolute Gasteiger partial charge is 0.241 e. The van der Waals surface area contributed by atoms with Crippen LogP contribution < -0.4 is 10.5 Å². The van der Waals surface area contributed by atoms with E-state index in [4.69, 9.17) is 5.73 Å². The third-order valence-corrected chi connectivity index (χ3v) is 5.75. The van der Waals surface area contributed by atoms with E-state index in [1.807, 2.05) is 6.92 Å². The fraction of sp³-hybridized carbons (Fsp3) is 0.571. The van der Waals surface area contributed by atoms with E-state index in [1.54, 1.807) is 13.0 Å². The van der Waals surface area contributed by atoms with Gasteiger partial charge in [0.05, 0.1) is 4.90 Å². The number of nitrogens with two attached hydrogens (primary N) is 1. The molecule has 1 aromatic rings. The second kappa shape index (κ2) is 5.71. The SMILES string of the molecule is Cc1cc(N)cc(S(=O)(=O)NC2CCCC2CO)c1C. The Morgan fingerprint density at radius 2 is 2.05 bits per heavy atom. The highest BCUT2D eigenvalue weighted by Crippen LogP contribution is 2.28. The molecule has 1 aliphatic rings. The Labute approximate surface area is 120 Å². The molecule has 1 fully saturated rings. The van der Waals surface area contributed by atoms with Crippen molar-refractivity contribution in [3.8, 4) is 0 Å². The van der Waals surface area contributed by atoms with Crippen LogP contribution in [0.2, 0.25) is 0 Å². The van der Waals surface area contributed by atoms with Crippen LogP contribution >= 0.6 is 0 Å². The van der Waals surface area contributed by atoms with Gasteiger partial charge in [-0.05, 0) is 55.9 Å². The molecule has 0 radical (unpaired) electrons. The van der Waals surface area contributed by atoms with Crippen LogP contribution in [0.1, 0.15) is 30.4 Å². The standard InChI is InChI=1S/C14H22N2O3S/c1-9-6-12(15)7-14(10(9)2)20(18,19)16-13-5-3-4-11(13)8-17/h6-7,11,13,16-17H,3-5,8,15H2,1-2H3. The number of aliphatic hydroxyl groups excluding tert-OH is 1. The van der Waals surface area contributed by atoms with Gasteiger partial charge in [0, 0.05) is 18.3 Å². The molecule has 1 saturated carbocycles. The van der Waals surface area contributed by atoms with Crippen molar-refractivity contribution >= 4 is 15.7 Å². The first kappa shape index (κ1) is 15.3. The Morgan fingerprint density at radius 1 is 1.35 bits per heavy atom. The second-order valence-corrected chi connectivity index (χ2v) is 7.24. The van der Waals surface area contributed by atoms with Gasteiger partial charge in [0.15, 0.2) is 0 Å². The highest BCUT2D eigenvalue weighted by atomic mass is 32.2. The lowest BCUT2D eigenvalue weighted by molar-refractivity contribution is 0.213. The molecule has 5 nitrogen and oxygen atoms in total. The second-order valence-electron chi connectivity index (χ2n) is 5.56. The number of hydrogen-bond acceptors (Lipinski definition) is 4. The van der Waals surface area contributed by atoms with E-state index in [9.17, 15) is 13.5 Å². The topological polar surface area (TPSA) is 92.4 Å². The van der Waals surface area contributed by atoms with Crippen LogP contribution in [-0.2, 0) is 10.0 Å². The van der Waals surface area contributed by atoms with Gasteiger partial charge in [0.25, 0.3) is 0 Å². The number of nitrogen functional groups attached to an aromatic ring is 1. The minimum Gasteiger partial charge on any atom is -0.399 e. The van der Waals surface area contributed by atoms with E-state index in [-0.39, 0.29) is 23.5 Å². The van der Waals surface area contributed by atoms with Gasteiger partial charge in [-0.1, -0.05) is 6.42 Å². The van der Waals surface area contributed by atoms with Crippen LogP contribution in [0.25, 0.3) is 0 Å². The predicted octanol–water partition coefficient (Wildman–Crippen LogP) is 1.32. The molecule has 0 spiro atoms. The number of aliphatic hydroxyl groups is 1. The van der Waals surface area contributed by atoms with Crippen molar-refractivity contribution in [2.45, 2.75) is 44.0 Å². The van der Waals surface area contributed by atoms with E-state index in [2.05, 4.69) is 4.72 Å². The van der Waals surface area contributed by atoms with E-state index in [1.165, 1.54) is 6.07 Å². The highest BCUT2D eigenvalue weighted by Gasteiger charge is 2.31. The molecule has 20 heavy (non-hydrogen) atoms. The van der Waals surface area contributed by atoms with Gasteiger partial charge in [0.2, 0.25) is 10.0 Å². The molecule has 0 aliphatic heterocycles. The zero-order valence-electron chi connectivity index (χ0n) is 11.9. The van der Waals surface area contributed by atoms with Gasteiger partial charge in [-0.2, -0.15) is 0 Å². The Balaban J connectivity index is 2.31. The predicted molar refractivity (Wildman–Crippen MR) is 78.9 cm³/mol. The van der Waals surface area contributed by atoms with Gasteiger partial charge in [-0.25, -0.2) is 13.1 Å². The summed E-state index contributed by atoms with van der Waals surface area (Å²) in [7, 11) is -3.60. The molecule has 0 saturated heterocycles. The van der Waals surface area contributed by atoms with Gasteiger partial charge in [-0.15, -0.1) is 0 Å². The van der Waals surface area contributed by atoms with Crippen LogP contribution in [0, 0.1) is 19.8 Å². The Morgan fingerprint density at radius 3 is 2.70 bits per heavy atom. The number of hydrogen-bond donors (Lipinski definition) is 3. The summed E-state index contributed by atoms with van der Waals surface area (Å²) >= 11 is 0. The Hall–Kier alpha value is -1.11. The zero-order valence-corrected chi connectivity index (χ0v) is 12.7. The third-order valence-electron chi connectivity index (χ3n) is 4.13. The number of anilines is 1. The van der Waals surface area contributed by atoms with Crippen LogP contribution in [0.4, 0.5) is 5.69 Å². The molecule has 0 bridgehead atoms. The number of nitrogens with one attached hydrogen (secondary N) is 1. The largest absolute Gasteiger partial charge is 0.399 e. The molecule has 2 unspecified atom stereocenters. The van der Waals surface area contributed by atoms with Gasteiger partial charge >= 0.3 is 0 Å². The van der Waals surface area contributed by atoms with Crippen molar-refractivity contribution < 1.29 is 13.5 Å². The maximum absolute atomic E-state index is 12.5. The van der Waals surface area contributed by atoms with Gasteiger partial charge in [0.1, 0.15) is 0 Å². The van der Waals surface area contributed by atoms with Crippen molar-refractivity contribution in [3.05, 3.63) is 23.3 Å². The highest BCUT2D eigenvalue weighted by molar-refractivity contribution is 7.89. The summed E-state index contributed by atoms with van der Waals surface area (Å²) in [5.74, 6) is 0.00670. The van der Waals surface area contributed by atoms with Gasteiger partial charge in [-0.3, -0.25) is 0 Å². The van der Waals surface area contributed by atoms with Crippen LogP contribution in [0.3, 0.4) is 0 Å². The molecule has 2 atom stereocenters. The number of sulfonamides is 1. The van der Waals surface area contributed by atoms with Crippen LogP contribution in [0.15, 0.2) is 17.0 Å². The van der Waals surface area contributed by atoms with Crippen LogP contribution in [0.5, 0.6) is 0 Å². The molecule has 4 N–H and O–H groups in total. The summed E-state index contributed by atoms with van der Waals surface area (Å²) in [5, 5.41) is 9.29. The summed E-state index contributed by atoms with van der Waals surface area (Å²) < 4.78 is 27.8. The minimum atomic E-state index is -3.60. The molecule has 0 amide bonds. The fourth-order valence-corrected chi connectivity index (χ4v) is 4.50. The van der Waals surface area contributed by atoms with Crippen molar-refractivity contribution in [1.29, 1.82) is 0 Å². The molecule has 2 rings (SSSR count). The summed E-state index contributed by atoms with van der Waals surface area (Å²) in [6, 6.07) is 3.07. The maximum Gasteiger partial charge on any atom is 0.241 e. The monoisotopic (exact) mass is 298 g/mol. The molecule has 6 heteroatoms. The summed E-state index contributed by atoms with van der Waals surface area (Å²) in [6.07, 6.45) is 2.57. The maximum atomic E-state index is 12.5. The number of rotatable bonds is 4. The fourth-order valence-electron chi connectivity index (χ4n) is 2.81. The zero-order chi connectivity index (χ0) is 14.9. The minimum absolute atomic E-state index is 0.00670.